The molecule has 6 heteroatoms. The summed E-state index contributed by atoms with van der Waals surface area (Å²) in [4.78, 5) is 12.7. The zero-order valence-corrected chi connectivity index (χ0v) is 14.5. The van der Waals surface area contributed by atoms with Crippen molar-refractivity contribution in [3.05, 3.63) is 19.2 Å². The highest BCUT2D eigenvalue weighted by Crippen LogP contribution is 2.32. The first kappa shape index (κ1) is 14.7. The van der Waals surface area contributed by atoms with Crippen molar-refractivity contribution < 1.29 is 4.79 Å². The fourth-order valence-corrected chi connectivity index (χ4v) is 3.48. The van der Waals surface area contributed by atoms with E-state index in [9.17, 15) is 4.79 Å². The third-order valence-electron chi connectivity index (χ3n) is 2.36. The number of hydrogen-bond acceptors (Lipinski definition) is 2. The molecule has 2 nitrogen and oxygen atoms in total. The molecule has 0 aromatic carbocycles. The molecule has 1 rings (SSSR count). The number of carbonyl (C=O) groups excluding carboxylic acids is 1. The van der Waals surface area contributed by atoms with Crippen LogP contribution in [-0.2, 0) is 0 Å². The van der Waals surface area contributed by atoms with Crippen molar-refractivity contribution >= 4 is 65.0 Å². The topological polar surface area (TPSA) is 29.1 Å². The molecule has 1 amide bonds. The first-order valence-electron chi connectivity index (χ1n) is 4.75. The summed E-state index contributed by atoms with van der Waals surface area (Å²) < 4.78 is 1.86. The van der Waals surface area contributed by atoms with E-state index in [1.165, 1.54) is 11.3 Å². The molecular formula is C10H12Br3NOS. The molecular weight excluding hydrogens is 422 g/mol. The van der Waals surface area contributed by atoms with E-state index in [0.29, 0.717) is 4.88 Å². The van der Waals surface area contributed by atoms with Gasteiger partial charge in [0.05, 0.1) is 8.66 Å². The first-order valence-corrected chi connectivity index (χ1v) is 8.27. The standard InChI is InChI=1S/C10H12Br3NOS/c1-3-10(2,5-11)14-9(15)7-4-6(12)8(13)16-7/h4H,3,5H2,1-2H3,(H,14,15). The molecule has 0 spiro atoms. The van der Waals surface area contributed by atoms with Crippen LogP contribution >= 0.6 is 59.1 Å². The Kier molecular flexibility index (Phi) is 5.48. The number of nitrogens with one attached hydrogen (secondary N) is 1. The molecule has 1 unspecified atom stereocenters. The molecule has 0 aliphatic rings. The summed E-state index contributed by atoms with van der Waals surface area (Å²) in [6.07, 6.45) is 0.887. The van der Waals surface area contributed by atoms with Crippen molar-refractivity contribution in [2.45, 2.75) is 25.8 Å². The predicted octanol–water partition coefficient (Wildman–Crippen LogP) is 4.57. The van der Waals surface area contributed by atoms with Crippen LogP contribution in [0.5, 0.6) is 0 Å². The number of rotatable bonds is 4. The van der Waals surface area contributed by atoms with Crippen molar-refractivity contribution in [3.63, 3.8) is 0 Å². The fourth-order valence-electron chi connectivity index (χ4n) is 1.01. The predicted molar refractivity (Wildman–Crippen MR) is 79.7 cm³/mol. The maximum Gasteiger partial charge on any atom is 0.261 e. The van der Waals surface area contributed by atoms with Gasteiger partial charge >= 0.3 is 0 Å². The molecule has 0 saturated heterocycles. The molecule has 1 atom stereocenters. The van der Waals surface area contributed by atoms with Gasteiger partial charge in [0.15, 0.2) is 0 Å². The Morgan fingerprint density at radius 1 is 1.56 bits per heavy atom. The van der Waals surface area contributed by atoms with Crippen molar-refractivity contribution in [1.29, 1.82) is 0 Å². The highest BCUT2D eigenvalue weighted by Gasteiger charge is 2.24. The second-order valence-corrected chi connectivity index (χ2v) is 7.52. The number of carbonyl (C=O) groups is 1. The monoisotopic (exact) mass is 431 g/mol. The van der Waals surface area contributed by atoms with Crippen LogP contribution < -0.4 is 5.32 Å². The van der Waals surface area contributed by atoms with Gasteiger partial charge in [-0.05, 0) is 51.3 Å². The van der Waals surface area contributed by atoms with E-state index in [0.717, 1.165) is 20.0 Å². The number of alkyl halides is 1. The van der Waals surface area contributed by atoms with Gasteiger partial charge in [0, 0.05) is 15.3 Å². The van der Waals surface area contributed by atoms with Crippen molar-refractivity contribution in [3.8, 4) is 0 Å². The third kappa shape index (κ3) is 3.55. The number of amides is 1. The molecule has 1 N–H and O–H groups in total. The van der Waals surface area contributed by atoms with E-state index in [4.69, 9.17) is 0 Å². The van der Waals surface area contributed by atoms with Crippen LogP contribution in [0.2, 0.25) is 0 Å². The smallest absolute Gasteiger partial charge is 0.261 e. The third-order valence-corrected chi connectivity index (χ3v) is 6.85. The Labute approximate surface area is 125 Å². The minimum absolute atomic E-state index is 0.0276. The van der Waals surface area contributed by atoms with Crippen molar-refractivity contribution in [2.24, 2.45) is 0 Å². The Morgan fingerprint density at radius 2 is 2.19 bits per heavy atom. The molecule has 1 aromatic rings. The molecule has 0 radical (unpaired) electrons. The lowest BCUT2D eigenvalue weighted by Gasteiger charge is -2.26. The fraction of sp³-hybridized carbons (Fsp3) is 0.500. The summed E-state index contributed by atoms with van der Waals surface area (Å²) in [6, 6.07) is 1.83. The zero-order valence-electron chi connectivity index (χ0n) is 8.94. The zero-order chi connectivity index (χ0) is 12.3. The molecule has 0 fully saturated rings. The number of halogens is 3. The number of thiophene rings is 1. The average Bonchev–Trinajstić information content (AvgIpc) is 2.59. The molecule has 0 aliphatic heterocycles. The van der Waals surface area contributed by atoms with E-state index in [1.54, 1.807) is 0 Å². The quantitative estimate of drug-likeness (QED) is 0.692. The second kappa shape index (κ2) is 5.98. The highest BCUT2D eigenvalue weighted by molar-refractivity contribution is 9.13. The average molecular weight is 434 g/mol. The summed E-state index contributed by atoms with van der Waals surface area (Å²) in [5, 5.41) is 3.78. The molecule has 90 valence electrons. The summed E-state index contributed by atoms with van der Waals surface area (Å²) in [7, 11) is 0. The SMILES string of the molecule is CCC(C)(CBr)NC(=O)c1cc(Br)c(Br)s1. The lowest BCUT2D eigenvalue weighted by Crippen LogP contribution is -2.46. The van der Waals surface area contributed by atoms with E-state index >= 15 is 0 Å². The van der Waals surface area contributed by atoms with Gasteiger partial charge in [0.2, 0.25) is 0 Å². The summed E-state index contributed by atoms with van der Waals surface area (Å²) in [5.41, 5.74) is -0.194. The van der Waals surface area contributed by atoms with Gasteiger partial charge in [0.1, 0.15) is 0 Å². The van der Waals surface area contributed by atoms with Crippen LogP contribution in [0.3, 0.4) is 0 Å². The first-order chi connectivity index (χ1) is 7.41. The lowest BCUT2D eigenvalue weighted by atomic mass is 10.0. The van der Waals surface area contributed by atoms with Crippen LogP contribution in [0, 0.1) is 0 Å². The Balaban J connectivity index is 2.80. The molecule has 0 aliphatic carbocycles. The summed E-state index contributed by atoms with van der Waals surface area (Å²) >= 11 is 11.6. The molecule has 0 bridgehead atoms. The molecule has 1 aromatic heterocycles. The van der Waals surface area contributed by atoms with Crippen molar-refractivity contribution in [1.82, 2.24) is 5.32 Å². The van der Waals surface area contributed by atoms with Crippen LogP contribution in [0.4, 0.5) is 0 Å². The maximum atomic E-state index is 12.0. The normalized spacial score (nSPS) is 14.6. The van der Waals surface area contributed by atoms with Crippen LogP contribution in [0.15, 0.2) is 14.3 Å². The molecule has 16 heavy (non-hydrogen) atoms. The van der Waals surface area contributed by atoms with E-state index in [-0.39, 0.29) is 11.4 Å². The van der Waals surface area contributed by atoms with E-state index in [2.05, 4.69) is 60.0 Å². The van der Waals surface area contributed by atoms with Crippen LogP contribution in [-0.4, -0.2) is 16.8 Å². The van der Waals surface area contributed by atoms with E-state index < -0.39 is 0 Å². The van der Waals surface area contributed by atoms with Crippen LogP contribution in [0.25, 0.3) is 0 Å². The van der Waals surface area contributed by atoms with E-state index in [1.807, 2.05) is 13.0 Å². The van der Waals surface area contributed by atoms with Gasteiger partial charge in [-0.25, -0.2) is 0 Å². The highest BCUT2D eigenvalue weighted by atomic mass is 79.9. The Bertz CT molecular complexity index is 368. The van der Waals surface area contributed by atoms with Gasteiger partial charge in [-0.3, -0.25) is 4.79 Å². The summed E-state index contributed by atoms with van der Waals surface area (Å²) in [5.74, 6) is -0.0276. The lowest BCUT2D eigenvalue weighted by molar-refractivity contribution is 0.0917. The van der Waals surface area contributed by atoms with Gasteiger partial charge in [-0.15, -0.1) is 11.3 Å². The molecule has 1 heterocycles. The van der Waals surface area contributed by atoms with Gasteiger partial charge in [0.25, 0.3) is 5.91 Å². The Morgan fingerprint density at radius 3 is 2.56 bits per heavy atom. The largest absolute Gasteiger partial charge is 0.345 e. The minimum atomic E-state index is -0.194. The molecule has 0 saturated carbocycles. The van der Waals surface area contributed by atoms with Gasteiger partial charge in [-0.2, -0.15) is 0 Å². The summed E-state index contributed by atoms with van der Waals surface area (Å²) in [6.45, 7) is 4.08. The minimum Gasteiger partial charge on any atom is -0.345 e. The second-order valence-electron chi connectivity index (χ2n) is 3.73. The number of hydrogen-bond donors (Lipinski definition) is 1. The van der Waals surface area contributed by atoms with Crippen molar-refractivity contribution in [2.75, 3.05) is 5.33 Å². The van der Waals surface area contributed by atoms with Gasteiger partial charge in [-0.1, -0.05) is 22.9 Å². The Hall–Kier alpha value is 0.610. The van der Waals surface area contributed by atoms with Gasteiger partial charge < -0.3 is 5.32 Å². The maximum absolute atomic E-state index is 12.0. The van der Waals surface area contributed by atoms with Crippen LogP contribution in [0.1, 0.15) is 29.9 Å².